The number of benzene rings is 1. The Bertz CT molecular complexity index is 1340. The molecular weight excluding hydrogens is 468 g/mol. The van der Waals surface area contributed by atoms with Crippen molar-refractivity contribution >= 4 is 44.6 Å². The van der Waals surface area contributed by atoms with E-state index in [1.54, 1.807) is 10.8 Å². The summed E-state index contributed by atoms with van der Waals surface area (Å²) in [5.74, 6) is 1.46. The van der Waals surface area contributed by atoms with E-state index in [9.17, 15) is 14.4 Å². The van der Waals surface area contributed by atoms with Crippen molar-refractivity contribution in [1.29, 1.82) is 0 Å². The van der Waals surface area contributed by atoms with Crippen molar-refractivity contribution < 1.29 is 9.59 Å². The Morgan fingerprint density at radius 2 is 1.88 bits per heavy atom. The first-order valence-corrected chi connectivity index (χ1v) is 13.2. The van der Waals surface area contributed by atoms with Crippen molar-refractivity contribution in [2.45, 2.75) is 44.7 Å². The van der Waals surface area contributed by atoms with Crippen LogP contribution in [0, 0.1) is 0 Å². The molecule has 3 aromatic heterocycles. The van der Waals surface area contributed by atoms with E-state index in [4.69, 9.17) is 0 Å². The Morgan fingerprint density at radius 3 is 2.68 bits per heavy atom. The number of likely N-dealkylation sites (tertiary alicyclic amines) is 1. The predicted molar refractivity (Wildman–Crippen MR) is 135 cm³/mol. The minimum Gasteiger partial charge on any atom is -0.343 e. The third kappa shape index (κ3) is 4.76. The van der Waals surface area contributed by atoms with Crippen molar-refractivity contribution in [3.8, 4) is 0 Å². The smallest absolute Gasteiger partial charge is 0.309 e. The molecule has 7 nitrogen and oxygen atoms in total. The van der Waals surface area contributed by atoms with Gasteiger partial charge in [-0.15, -0.1) is 11.3 Å². The number of imidazole rings is 1. The molecule has 1 amide bonds. The molecule has 0 atom stereocenters. The lowest BCUT2D eigenvalue weighted by Gasteiger charge is -2.32. The molecule has 0 N–H and O–H groups in total. The number of fused-ring (bicyclic) bond motifs is 1. The zero-order valence-corrected chi connectivity index (χ0v) is 20.4. The first kappa shape index (κ1) is 22.7. The maximum absolute atomic E-state index is 12.7. The average molecular weight is 495 g/mol. The Kier molecular flexibility index (Phi) is 6.73. The van der Waals surface area contributed by atoms with Crippen LogP contribution in [0.5, 0.6) is 0 Å². The van der Waals surface area contributed by atoms with Crippen LogP contribution in [0.1, 0.15) is 53.5 Å². The highest BCUT2D eigenvalue weighted by Gasteiger charge is 2.26. The number of thiophene rings is 1. The number of carbonyl (C=O) groups excluding carboxylic acids is 2. The zero-order valence-electron chi connectivity index (χ0n) is 18.8. The zero-order chi connectivity index (χ0) is 23.5. The summed E-state index contributed by atoms with van der Waals surface area (Å²) in [5, 5.41) is 1.90. The van der Waals surface area contributed by atoms with Gasteiger partial charge in [0.1, 0.15) is 12.5 Å². The van der Waals surface area contributed by atoms with E-state index in [0.717, 1.165) is 33.8 Å². The van der Waals surface area contributed by atoms with Crippen LogP contribution in [0.4, 0.5) is 0 Å². The van der Waals surface area contributed by atoms with E-state index in [0.29, 0.717) is 39.0 Å². The molecule has 0 saturated carbocycles. The van der Waals surface area contributed by atoms with Crippen LogP contribution in [0.15, 0.2) is 59.0 Å². The lowest BCUT2D eigenvalue weighted by atomic mass is 9.95. The number of para-hydroxylation sites is 1. The molecule has 0 radical (unpaired) electrons. The highest BCUT2D eigenvalue weighted by atomic mass is 32.1. The summed E-state index contributed by atoms with van der Waals surface area (Å²) < 4.78 is 4.83. The van der Waals surface area contributed by atoms with Crippen molar-refractivity contribution in [3.63, 3.8) is 0 Å². The number of hydrogen-bond acceptors (Lipinski definition) is 6. The molecule has 0 spiro atoms. The molecule has 9 heteroatoms. The van der Waals surface area contributed by atoms with Crippen molar-refractivity contribution in [1.82, 2.24) is 19.0 Å². The van der Waals surface area contributed by atoms with Crippen LogP contribution in [-0.2, 0) is 11.5 Å². The van der Waals surface area contributed by atoms with Gasteiger partial charge in [0.15, 0.2) is 5.78 Å². The molecule has 0 bridgehead atoms. The summed E-state index contributed by atoms with van der Waals surface area (Å²) in [7, 11) is 0. The molecule has 1 saturated heterocycles. The van der Waals surface area contributed by atoms with Crippen LogP contribution < -0.4 is 4.87 Å². The molecule has 1 aliphatic rings. The van der Waals surface area contributed by atoms with Crippen LogP contribution >= 0.6 is 22.7 Å². The number of nitrogens with zero attached hydrogens (tertiary/aromatic N) is 4. The van der Waals surface area contributed by atoms with E-state index >= 15 is 0 Å². The number of amides is 1. The number of rotatable bonds is 8. The Hall–Kier alpha value is -3.04. The van der Waals surface area contributed by atoms with E-state index in [1.165, 1.54) is 22.7 Å². The minimum absolute atomic E-state index is 0.0267. The van der Waals surface area contributed by atoms with E-state index in [-0.39, 0.29) is 22.5 Å². The first-order valence-electron chi connectivity index (χ1n) is 11.5. The minimum atomic E-state index is 0.0267. The van der Waals surface area contributed by atoms with Gasteiger partial charge < -0.3 is 9.47 Å². The van der Waals surface area contributed by atoms with E-state index in [1.807, 2.05) is 52.9 Å². The largest absolute Gasteiger partial charge is 0.343 e. The molecule has 1 aromatic carbocycles. The predicted octanol–water partition coefficient (Wildman–Crippen LogP) is 4.59. The van der Waals surface area contributed by atoms with Crippen LogP contribution in [0.3, 0.4) is 0 Å². The van der Waals surface area contributed by atoms with Gasteiger partial charge in [-0.25, -0.2) is 4.98 Å². The second-order valence-electron chi connectivity index (χ2n) is 8.57. The number of thiazole rings is 1. The molecule has 176 valence electrons. The quantitative estimate of drug-likeness (QED) is 0.336. The molecule has 4 heterocycles. The molecule has 0 aliphatic carbocycles. The molecule has 1 fully saturated rings. The monoisotopic (exact) mass is 494 g/mol. The number of hydrogen-bond donors (Lipinski definition) is 0. The molecule has 1 aliphatic heterocycles. The van der Waals surface area contributed by atoms with Gasteiger partial charge in [0, 0.05) is 44.2 Å². The number of carbonyl (C=O) groups is 2. The number of piperidine rings is 1. The van der Waals surface area contributed by atoms with E-state index in [2.05, 4.69) is 9.55 Å². The summed E-state index contributed by atoms with van der Waals surface area (Å²) >= 11 is 2.71. The third-order valence-electron chi connectivity index (χ3n) is 6.42. The van der Waals surface area contributed by atoms with Gasteiger partial charge in [0.2, 0.25) is 5.91 Å². The van der Waals surface area contributed by atoms with Gasteiger partial charge in [-0.3, -0.25) is 19.0 Å². The van der Waals surface area contributed by atoms with E-state index < -0.39 is 0 Å². The fourth-order valence-corrected chi connectivity index (χ4v) is 6.18. The van der Waals surface area contributed by atoms with Gasteiger partial charge in [0.05, 0.1) is 15.1 Å². The SMILES string of the molecule is O=C(CCCC(=O)N1CCC(c2nccn2Cn2c(=O)sc3ccccc32)CC1)c1cccs1. The second kappa shape index (κ2) is 10.1. The van der Waals surface area contributed by atoms with Crippen molar-refractivity contribution in [2.75, 3.05) is 13.1 Å². The summed E-state index contributed by atoms with van der Waals surface area (Å²) in [6, 6.07) is 11.5. The lowest BCUT2D eigenvalue weighted by molar-refractivity contribution is -0.132. The second-order valence-corrected chi connectivity index (χ2v) is 10.5. The third-order valence-corrected chi connectivity index (χ3v) is 8.29. The standard InChI is InChI=1S/C25H26N4O3S2/c30-20(22-8-4-16-33-22)6-3-9-23(31)27-13-10-18(11-14-27)24-26-12-15-28(24)17-29-19-5-1-2-7-21(19)34-25(29)32/h1-2,4-5,7-8,12,15-16,18H,3,6,9-11,13-14,17H2. The number of Topliss-reactive ketones (excluding diaryl/α,β-unsaturated/α-hetero) is 1. The molecule has 4 aromatic rings. The maximum atomic E-state index is 12.7. The first-order chi connectivity index (χ1) is 16.6. The topological polar surface area (TPSA) is 77.2 Å². The summed E-state index contributed by atoms with van der Waals surface area (Å²) in [6.45, 7) is 1.82. The summed E-state index contributed by atoms with van der Waals surface area (Å²) in [4.78, 5) is 44.6. The molecular formula is C25H26N4O3S2. The fourth-order valence-electron chi connectivity index (χ4n) is 4.61. The summed E-state index contributed by atoms with van der Waals surface area (Å²) in [6.07, 6.45) is 6.81. The maximum Gasteiger partial charge on any atom is 0.309 e. The number of ketones is 1. The van der Waals surface area contributed by atoms with Gasteiger partial charge in [-0.1, -0.05) is 29.5 Å². The molecule has 0 unspecified atom stereocenters. The molecule has 34 heavy (non-hydrogen) atoms. The highest BCUT2D eigenvalue weighted by molar-refractivity contribution is 7.16. The van der Waals surface area contributed by atoms with Gasteiger partial charge in [-0.2, -0.15) is 0 Å². The Labute approximate surface area is 205 Å². The van der Waals surface area contributed by atoms with Crippen LogP contribution in [0.25, 0.3) is 10.2 Å². The average Bonchev–Trinajstić information content (AvgIpc) is 3.60. The Morgan fingerprint density at radius 1 is 1.06 bits per heavy atom. The number of aromatic nitrogens is 3. The van der Waals surface area contributed by atoms with Gasteiger partial charge >= 0.3 is 4.87 Å². The van der Waals surface area contributed by atoms with Gasteiger partial charge in [0.25, 0.3) is 0 Å². The van der Waals surface area contributed by atoms with Crippen LogP contribution in [0.2, 0.25) is 0 Å². The van der Waals surface area contributed by atoms with Crippen molar-refractivity contribution in [3.05, 3.63) is 74.5 Å². The lowest BCUT2D eigenvalue weighted by Crippen LogP contribution is -2.38. The highest BCUT2D eigenvalue weighted by Crippen LogP contribution is 2.28. The fraction of sp³-hybridized carbons (Fsp3) is 0.360. The Balaban J connectivity index is 1.16. The van der Waals surface area contributed by atoms with Gasteiger partial charge in [-0.05, 0) is 42.8 Å². The van der Waals surface area contributed by atoms with Crippen molar-refractivity contribution in [2.24, 2.45) is 0 Å². The summed E-state index contributed by atoms with van der Waals surface area (Å²) in [5.41, 5.74) is 0.940. The van der Waals surface area contributed by atoms with Crippen LogP contribution in [-0.4, -0.2) is 43.8 Å². The molecule has 5 rings (SSSR count). The normalized spacial score (nSPS) is 14.6.